The Hall–Kier alpha value is -4.16. The molecule has 2 aromatic carbocycles. The van der Waals surface area contributed by atoms with Crippen LogP contribution < -0.4 is 21.5 Å². The molecule has 12 heteroatoms. The lowest BCUT2D eigenvalue weighted by atomic mass is 9.89. The number of nitrogens with zero attached hydrogens (tertiary/aromatic N) is 5. The van der Waals surface area contributed by atoms with E-state index in [0.717, 1.165) is 41.2 Å². The minimum atomic E-state index is -0.974. The molecule has 4 aromatic rings. The Labute approximate surface area is 228 Å². The highest BCUT2D eigenvalue weighted by molar-refractivity contribution is 6.08. The fourth-order valence-corrected chi connectivity index (χ4v) is 5.36. The summed E-state index contributed by atoms with van der Waals surface area (Å²) >= 11 is 0. The van der Waals surface area contributed by atoms with Gasteiger partial charge in [-0.05, 0) is 42.2 Å². The molecule has 0 unspecified atom stereocenters. The van der Waals surface area contributed by atoms with Gasteiger partial charge in [-0.15, -0.1) is 0 Å². The average molecular weight is 550 g/mol. The normalized spacial score (nSPS) is 20.4. The maximum Gasteiger partial charge on any atom is 0.276 e. The van der Waals surface area contributed by atoms with Gasteiger partial charge in [-0.1, -0.05) is 19.9 Å². The summed E-state index contributed by atoms with van der Waals surface area (Å²) in [5.41, 5.74) is 6.72. The molecule has 0 spiro atoms. The van der Waals surface area contributed by atoms with Crippen LogP contribution in [-0.2, 0) is 4.74 Å². The number of fused-ring (bicyclic) bond motifs is 1. The van der Waals surface area contributed by atoms with E-state index in [4.69, 9.17) is 15.6 Å². The van der Waals surface area contributed by atoms with Crippen LogP contribution in [0.3, 0.4) is 0 Å². The van der Waals surface area contributed by atoms with Gasteiger partial charge in [0.2, 0.25) is 0 Å². The van der Waals surface area contributed by atoms with Crippen molar-refractivity contribution in [2.75, 3.05) is 36.5 Å². The summed E-state index contributed by atoms with van der Waals surface area (Å²) in [6.45, 7) is 6.69. The van der Waals surface area contributed by atoms with Gasteiger partial charge < -0.3 is 20.7 Å². The number of nitrogens with one attached hydrogen (secondary N) is 1. The maximum atomic E-state index is 14.4. The molecule has 0 saturated carbocycles. The molecule has 2 saturated heterocycles. The summed E-state index contributed by atoms with van der Waals surface area (Å²) in [5.74, 6) is -2.60. The molecule has 10 nitrogen and oxygen atoms in total. The first kappa shape index (κ1) is 26.1. The standard InChI is InChI=1S/C28H29F2N7O3/c1-28(2)15-35(13-23(28)31)25-17-12-36(16-10-11-40-14-16)33-20(17)6-7-21(25)32-27(39)22-8-9-24(38)37(34-22)26-18(29)4-3-5-19(26)30/h3-9,12,16,23H,10-11,13-15,31H2,1-2H3,(H,32,39)/t16-,23-/m0/s1. The van der Waals surface area contributed by atoms with Crippen LogP contribution in [0.5, 0.6) is 0 Å². The van der Waals surface area contributed by atoms with Crippen molar-refractivity contribution < 1.29 is 18.3 Å². The number of nitrogens with two attached hydrogens (primary N) is 1. The molecule has 2 aliphatic heterocycles. The third kappa shape index (κ3) is 4.52. The third-order valence-electron chi connectivity index (χ3n) is 7.72. The molecular formula is C28H29F2N7O3. The Balaban J connectivity index is 1.40. The first-order valence-corrected chi connectivity index (χ1v) is 13.1. The lowest BCUT2D eigenvalue weighted by Gasteiger charge is -2.25. The van der Waals surface area contributed by atoms with Crippen molar-refractivity contribution in [3.8, 4) is 5.69 Å². The summed E-state index contributed by atoms with van der Waals surface area (Å²) in [4.78, 5) is 28.0. The molecule has 1 amide bonds. The van der Waals surface area contributed by atoms with Crippen molar-refractivity contribution in [3.05, 3.63) is 76.3 Å². The largest absolute Gasteiger partial charge is 0.379 e. The van der Waals surface area contributed by atoms with E-state index in [2.05, 4.69) is 29.2 Å². The highest BCUT2D eigenvalue weighted by Gasteiger charge is 2.38. The molecule has 40 heavy (non-hydrogen) atoms. The summed E-state index contributed by atoms with van der Waals surface area (Å²) < 4.78 is 36.8. The minimum Gasteiger partial charge on any atom is -0.379 e. The van der Waals surface area contributed by atoms with Gasteiger partial charge >= 0.3 is 0 Å². The van der Waals surface area contributed by atoms with Crippen LogP contribution in [-0.4, -0.2) is 57.8 Å². The molecule has 0 bridgehead atoms. The number of para-hydroxylation sites is 1. The smallest absolute Gasteiger partial charge is 0.276 e. The van der Waals surface area contributed by atoms with Crippen molar-refractivity contribution in [1.29, 1.82) is 0 Å². The molecule has 0 aliphatic carbocycles. The number of amides is 1. The summed E-state index contributed by atoms with van der Waals surface area (Å²) in [7, 11) is 0. The zero-order chi connectivity index (χ0) is 28.2. The van der Waals surface area contributed by atoms with Gasteiger partial charge in [-0.2, -0.15) is 14.9 Å². The van der Waals surface area contributed by atoms with E-state index in [9.17, 15) is 18.4 Å². The number of hydrogen-bond acceptors (Lipinski definition) is 7. The summed E-state index contributed by atoms with van der Waals surface area (Å²) in [6, 6.07) is 9.10. The highest BCUT2D eigenvalue weighted by Crippen LogP contribution is 2.41. The van der Waals surface area contributed by atoms with E-state index in [1.807, 2.05) is 16.9 Å². The number of carbonyl (C=O) groups is 1. The van der Waals surface area contributed by atoms with Crippen molar-refractivity contribution in [1.82, 2.24) is 19.6 Å². The molecule has 3 N–H and O–H groups in total. The second-order valence-corrected chi connectivity index (χ2v) is 11.0. The number of carbonyl (C=O) groups excluding carboxylic acids is 1. The van der Waals surface area contributed by atoms with Gasteiger partial charge in [-0.3, -0.25) is 14.3 Å². The quantitative estimate of drug-likeness (QED) is 0.392. The molecule has 2 fully saturated rings. The van der Waals surface area contributed by atoms with E-state index < -0.39 is 28.8 Å². The van der Waals surface area contributed by atoms with Crippen LogP contribution in [0.1, 0.15) is 36.8 Å². The van der Waals surface area contributed by atoms with Crippen LogP contribution in [0.4, 0.5) is 20.2 Å². The molecule has 2 aromatic heterocycles. The number of benzene rings is 2. The van der Waals surface area contributed by atoms with E-state index in [1.165, 1.54) is 12.1 Å². The Morgan fingerprint density at radius 2 is 1.88 bits per heavy atom. The Morgan fingerprint density at radius 3 is 2.55 bits per heavy atom. The van der Waals surface area contributed by atoms with Gasteiger partial charge in [-0.25, -0.2) is 8.78 Å². The van der Waals surface area contributed by atoms with Crippen LogP contribution in [0.25, 0.3) is 16.6 Å². The molecule has 6 rings (SSSR count). The molecule has 4 heterocycles. The number of ether oxygens (including phenoxy) is 1. The van der Waals surface area contributed by atoms with Crippen LogP contribution >= 0.6 is 0 Å². The number of halogens is 2. The number of anilines is 2. The Bertz CT molecular complexity index is 1660. The molecular weight excluding hydrogens is 520 g/mol. The zero-order valence-electron chi connectivity index (χ0n) is 22.1. The first-order valence-electron chi connectivity index (χ1n) is 13.1. The van der Waals surface area contributed by atoms with Gasteiger partial charge in [0.05, 0.1) is 29.5 Å². The number of hydrogen-bond donors (Lipinski definition) is 2. The maximum absolute atomic E-state index is 14.4. The second kappa shape index (κ2) is 9.79. The van der Waals surface area contributed by atoms with Crippen LogP contribution in [0.2, 0.25) is 0 Å². The first-order chi connectivity index (χ1) is 19.1. The Morgan fingerprint density at radius 1 is 1.10 bits per heavy atom. The van der Waals surface area contributed by atoms with E-state index >= 15 is 0 Å². The van der Waals surface area contributed by atoms with E-state index in [-0.39, 0.29) is 23.2 Å². The minimum absolute atomic E-state index is 0.0922. The third-order valence-corrected chi connectivity index (χ3v) is 7.72. The van der Waals surface area contributed by atoms with Crippen molar-refractivity contribution in [2.24, 2.45) is 11.1 Å². The highest BCUT2D eigenvalue weighted by atomic mass is 19.1. The topological polar surface area (TPSA) is 120 Å². The summed E-state index contributed by atoms with van der Waals surface area (Å²) in [5, 5.41) is 12.5. The molecule has 2 atom stereocenters. The monoisotopic (exact) mass is 549 g/mol. The fourth-order valence-electron chi connectivity index (χ4n) is 5.36. The molecule has 0 radical (unpaired) electrons. The molecule has 208 valence electrons. The predicted octanol–water partition coefficient (Wildman–Crippen LogP) is 3.25. The van der Waals surface area contributed by atoms with Gasteiger partial charge in [0.1, 0.15) is 11.4 Å². The predicted molar refractivity (Wildman–Crippen MR) is 146 cm³/mol. The van der Waals surface area contributed by atoms with E-state index in [0.29, 0.717) is 36.7 Å². The SMILES string of the molecule is CC1(C)CN(c2c(NC(=O)c3ccc(=O)n(-c4c(F)cccc4F)n3)ccc3nn([C@H]4CCOC4)cc23)C[C@@H]1N. The second-order valence-electron chi connectivity index (χ2n) is 11.0. The van der Waals surface area contributed by atoms with Gasteiger partial charge in [0.15, 0.2) is 11.6 Å². The lowest BCUT2D eigenvalue weighted by Crippen LogP contribution is -2.35. The average Bonchev–Trinajstić information content (AvgIpc) is 3.64. The van der Waals surface area contributed by atoms with Crippen molar-refractivity contribution >= 4 is 28.2 Å². The van der Waals surface area contributed by atoms with Crippen molar-refractivity contribution in [2.45, 2.75) is 32.4 Å². The van der Waals surface area contributed by atoms with E-state index in [1.54, 1.807) is 6.07 Å². The number of rotatable bonds is 5. The fraction of sp³-hybridized carbons (Fsp3) is 0.357. The molecule has 2 aliphatic rings. The van der Waals surface area contributed by atoms with Crippen molar-refractivity contribution in [3.63, 3.8) is 0 Å². The Kier molecular flexibility index (Phi) is 6.38. The van der Waals surface area contributed by atoms with Gasteiger partial charge in [0, 0.05) is 43.4 Å². The van der Waals surface area contributed by atoms with Gasteiger partial charge in [0.25, 0.3) is 11.5 Å². The van der Waals surface area contributed by atoms with Crippen LogP contribution in [0, 0.1) is 17.0 Å². The lowest BCUT2D eigenvalue weighted by molar-refractivity contribution is 0.102. The zero-order valence-corrected chi connectivity index (χ0v) is 22.1. The van der Waals surface area contributed by atoms with Crippen LogP contribution in [0.15, 0.2) is 53.5 Å². The summed E-state index contributed by atoms with van der Waals surface area (Å²) in [6.07, 6.45) is 2.83. The number of aromatic nitrogens is 4.